The van der Waals surface area contributed by atoms with E-state index in [0.29, 0.717) is 24.8 Å². The average Bonchev–Trinajstić information content (AvgIpc) is 2.59. The summed E-state index contributed by atoms with van der Waals surface area (Å²) in [6.07, 6.45) is 2.19. The Morgan fingerprint density at radius 1 is 1.43 bits per heavy atom. The molecule has 0 aliphatic carbocycles. The molecule has 0 aromatic carbocycles. The van der Waals surface area contributed by atoms with Crippen LogP contribution in [-0.4, -0.2) is 74.4 Å². The lowest BCUT2D eigenvalue weighted by molar-refractivity contribution is 0.364. The van der Waals surface area contributed by atoms with Crippen LogP contribution in [0.3, 0.4) is 0 Å². The Kier molecular flexibility index (Phi) is 6.82. The van der Waals surface area contributed by atoms with E-state index in [0.717, 1.165) is 36.6 Å². The second-order valence-corrected chi connectivity index (χ2v) is 5.87. The molecule has 2 heterocycles. The van der Waals surface area contributed by atoms with Crippen LogP contribution >= 0.6 is 15.9 Å². The maximum absolute atomic E-state index is 12.2. The Morgan fingerprint density at radius 3 is 2.78 bits per heavy atom. The lowest BCUT2D eigenvalue weighted by Crippen LogP contribution is -2.53. The summed E-state index contributed by atoms with van der Waals surface area (Å²) in [6.45, 7) is 3.45. The summed E-state index contributed by atoms with van der Waals surface area (Å²) in [5, 5.41) is 3.18. The van der Waals surface area contributed by atoms with E-state index in [9.17, 15) is 4.39 Å². The molecule has 23 heavy (non-hydrogen) atoms. The van der Waals surface area contributed by atoms with Crippen LogP contribution in [0.15, 0.2) is 15.7 Å². The van der Waals surface area contributed by atoms with Crippen LogP contribution in [0.1, 0.15) is 6.42 Å². The molecule has 1 aromatic rings. The van der Waals surface area contributed by atoms with Gasteiger partial charge in [0.15, 0.2) is 5.96 Å². The Balaban J connectivity index is 1.92. The third kappa shape index (κ3) is 4.66. The molecule has 7 nitrogen and oxygen atoms in total. The molecule has 0 amide bonds. The molecule has 1 fully saturated rings. The van der Waals surface area contributed by atoms with E-state index in [1.165, 1.54) is 0 Å². The topological polar surface area (TPSA) is 65.9 Å². The average molecular weight is 389 g/mol. The SMILES string of the molecule is CN=C(NCCCF)N1CCN(c2ncc(Br)c(OC)n2)CC1. The van der Waals surface area contributed by atoms with Crippen LogP contribution < -0.4 is 15.0 Å². The Labute approximate surface area is 144 Å². The van der Waals surface area contributed by atoms with Crippen molar-refractivity contribution in [2.24, 2.45) is 4.99 Å². The van der Waals surface area contributed by atoms with Crippen molar-refractivity contribution in [3.05, 3.63) is 10.7 Å². The quantitative estimate of drug-likeness (QED) is 0.466. The van der Waals surface area contributed by atoms with Crippen molar-refractivity contribution in [2.45, 2.75) is 6.42 Å². The van der Waals surface area contributed by atoms with Crippen LogP contribution in [0.25, 0.3) is 0 Å². The molecule has 0 radical (unpaired) electrons. The molecule has 1 N–H and O–H groups in total. The van der Waals surface area contributed by atoms with E-state index in [2.05, 4.69) is 46.0 Å². The van der Waals surface area contributed by atoms with Gasteiger partial charge in [-0.15, -0.1) is 0 Å². The number of aliphatic imine (C=N–C) groups is 1. The molecule has 0 atom stereocenters. The number of guanidine groups is 1. The molecule has 0 saturated carbocycles. The summed E-state index contributed by atoms with van der Waals surface area (Å²) in [5.74, 6) is 2.00. The van der Waals surface area contributed by atoms with Gasteiger partial charge in [0.25, 0.3) is 0 Å². The van der Waals surface area contributed by atoms with E-state index in [1.807, 2.05) is 0 Å². The standard InChI is InChI=1S/C14H22BrFN6O/c1-17-13(18-5-3-4-16)21-6-8-22(9-7-21)14-19-10-11(15)12(20-14)23-2/h10H,3-9H2,1-2H3,(H,17,18). The fraction of sp³-hybridized carbons (Fsp3) is 0.643. The summed E-state index contributed by atoms with van der Waals surface area (Å²) in [6, 6.07) is 0. The van der Waals surface area contributed by atoms with Crippen molar-refractivity contribution in [2.75, 3.05) is 58.5 Å². The first kappa shape index (κ1) is 17.7. The number of nitrogens with one attached hydrogen (secondary N) is 1. The molecule has 0 spiro atoms. The second kappa shape index (κ2) is 8.85. The number of anilines is 1. The van der Waals surface area contributed by atoms with Crippen molar-refractivity contribution >= 4 is 27.8 Å². The molecule has 1 aliphatic rings. The van der Waals surface area contributed by atoms with E-state index in [1.54, 1.807) is 20.4 Å². The van der Waals surface area contributed by atoms with Gasteiger partial charge in [0.05, 0.1) is 24.5 Å². The van der Waals surface area contributed by atoms with Crippen LogP contribution in [0.5, 0.6) is 5.88 Å². The highest BCUT2D eigenvalue weighted by Crippen LogP contribution is 2.23. The molecule has 9 heteroatoms. The zero-order chi connectivity index (χ0) is 16.7. The number of ether oxygens (including phenoxy) is 1. The summed E-state index contributed by atoms with van der Waals surface area (Å²) in [4.78, 5) is 17.3. The minimum absolute atomic E-state index is 0.319. The maximum atomic E-state index is 12.2. The zero-order valence-corrected chi connectivity index (χ0v) is 15.0. The van der Waals surface area contributed by atoms with E-state index in [-0.39, 0.29) is 6.67 Å². The van der Waals surface area contributed by atoms with Gasteiger partial charge in [-0.25, -0.2) is 4.98 Å². The first-order chi connectivity index (χ1) is 11.2. The van der Waals surface area contributed by atoms with Crippen LogP contribution in [0.4, 0.5) is 10.3 Å². The Hall–Kier alpha value is -1.64. The normalized spacial score (nSPS) is 15.7. The largest absolute Gasteiger partial charge is 0.480 e. The van der Waals surface area contributed by atoms with Gasteiger partial charge >= 0.3 is 0 Å². The van der Waals surface area contributed by atoms with Gasteiger partial charge in [-0.05, 0) is 22.4 Å². The predicted octanol–water partition coefficient (Wildman–Crippen LogP) is 1.30. The fourth-order valence-corrected chi connectivity index (χ4v) is 2.71. The minimum atomic E-state index is -0.319. The van der Waals surface area contributed by atoms with Gasteiger partial charge in [-0.1, -0.05) is 0 Å². The predicted molar refractivity (Wildman–Crippen MR) is 92.0 cm³/mol. The second-order valence-electron chi connectivity index (χ2n) is 5.02. The minimum Gasteiger partial charge on any atom is -0.480 e. The summed E-state index contributed by atoms with van der Waals surface area (Å²) in [5.41, 5.74) is 0. The van der Waals surface area contributed by atoms with Gasteiger partial charge in [0.2, 0.25) is 11.8 Å². The van der Waals surface area contributed by atoms with Crippen molar-refractivity contribution in [1.82, 2.24) is 20.2 Å². The maximum Gasteiger partial charge on any atom is 0.232 e. The third-order valence-electron chi connectivity index (χ3n) is 3.56. The fourth-order valence-electron chi connectivity index (χ4n) is 2.36. The first-order valence-electron chi connectivity index (χ1n) is 7.52. The number of hydrogen-bond donors (Lipinski definition) is 1. The number of halogens is 2. The molecule has 1 saturated heterocycles. The first-order valence-corrected chi connectivity index (χ1v) is 8.32. The molecule has 128 valence electrons. The highest BCUT2D eigenvalue weighted by atomic mass is 79.9. The van der Waals surface area contributed by atoms with Gasteiger partial charge in [-0.2, -0.15) is 4.98 Å². The molecule has 0 unspecified atom stereocenters. The van der Waals surface area contributed by atoms with Gasteiger partial charge < -0.3 is 19.9 Å². The molecule has 2 rings (SSSR count). The van der Waals surface area contributed by atoms with E-state index < -0.39 is 0 Å². The number of aromatic nitrogens is 2. The highest BCUT2D eigenvalue weighted by molar-refractivity contribution is 9.10. The lowest BCUT2D eigenvalue weighted by atomic mass is 10.3. The Morgan fingerprint density at radius 2 is 2.17 bits per heavy atom. The number of methoxy groups -OCH3 is 1. The summed E-state index contributed by atoms with van der Waals surface area (Å²) in [7, 11) is 3.33. The third-order valence-corrected chi connectivity index (χ3v) is 4.10. The van der Waals surface area contributed by atoms with Crippen LogP contribution in [0.2, 0.25) is 0 Å². The number of alkyl halides is 1. The number of nitrogens with zero attached hydrogens (tertiary/aromatic N) is 5. The van der Waals surface area contributed by atoms with Crippen molar-refractivity contribution in [3.63, 3.8) is 0 Å². The Bertz CT molecular complexity index is 536. The summed E-state index contributed by atoms with van der Waals surface area (Å²) >= 11 is 3.36. The zero-order valence-electron chi connectivity index (χ0n) is 13.4. The smallest absolute Gasteiger partial charge is 0.232 e. The van der Waals surface area contributed by atoms with Gasteiger partial charge in [0, 0.05) is 39.8 Å². The van der Waals surface area contributed by atoms with Gasteiger partial charge in [0.1, 0.15) is 0 Å². The molecule has 1 aromatic heterocycles. The number of piperazine rings is 1. The van der Waals surface area contributed by atoms with Gasteiger partial charge in [-0.3, -0.25) is 9.38 Å². The monoisotopic (exact) mass is 388 g/mol. The van der Waals surface area contributed by atoms with Crippen molar-refractivity contribution in [1.29, 1.82) is 0 Å². The molecular weight excluding hydrogens is 367 g/mol. The number of rotatable bonds is 5. The van der Waals surface area contributed by atoms with Crippen molar-refractivity contribution < 1.29 is 9.13 Å². The van der Waals surface area contributed by atoms with E-state index in [4.69, 9.17) is 4.74 Å². The van der Waals surface area contributed by atoms with Crippen molar-refractivity contribution in [3.8, 4) is 5.88 Å². The number of hydrogen-bond acceptors (Lipinski definition) is 5. The van der Waals surface area contributed by atoms with Crippen LogP contribution in [0, 0.1) is 0 Å². The molecule has 1 aliphatic heterocycles. The molecule has 0 bridgehead atoms. The summed E-state index contributed by atoms with van der Waals surface area (Å²) < 4.78 is 18.1. The molecular formula is C14H22BrFN6O. The van der Waals surface area contributed by atoms with Crippen LogP contribution in [-0.2, 0) is 0 Å². The highest BCUT2D eigenvalue weighted by Gasteiger charge is 2.21. The lowest BCUT2D eigenvalue weighted by Gasteiger charge is -2.36. The van der Waals surface area contributed by atoms with E-state index >= 15 is 0 Å².